The quantitative estimate of drug-likeness (QED) is 0.324. The summed E-state index contributed by atoms with van der Waals surface area (Å²) in [5.41, 5.74) is 3.33. The lowest BCUT2D eigenvalue weighted by Crippen LogP contribution is -2.17. The average molecular weight is 455 g/mol. The molecule has 0 atom stereocenters. The molecule has 4 aromatic rings. The minimum Gasteiger partial charge on any atom is -0.493 e. The highest BCUT2D eigenvalue weighted by Crippen LogP contribution is 2.22. The Kier molecular flexibility index (Phi) is 7.50. The van der Waals surface area contributed by atoms with E-state index in [0.717, 1.165) is 22.6 Å². The molecule has 3 aromatic carbocycles. The first-order valence-electron chi connectivity index (χ1n) is 11.2. The maximum atomic E-state index is 12.3. The summed E-state index contributed by atoms with van der Waals surface area (Å²) in [6.45, 7) is 2.36. The predicted molar refractivity (Wildman–Crippen MR) is 131 cm³/mol. The molecule has 0 spiro atoms. The van der Waals surface area contributed by atoms with Gasteiger partial charge in [-0.05, 0) is 48.9 Å². The van der Waals surface area contributed by atoms with E-state index in [2.05, 4.69) is 10.3 Å². The van der Waals surface area contributed by atoms with E-state index in [1.807, 2.05) is 79.7 Å². The molecular formula is C28H26N2O4. The van der Waals surface area contributed by atoms with E-state index < -0.39 is 0 Å². The van der Waals surface area contributed by atoms with Crippen molar-refractivity contribution in [3.8, 4) is 17.2 Å². The van der Waals surface area contributed by atoms with Gasteiger partial charge in [-0.2, -0.15) is 0 Å². The summed E-state index contributed by atoms with van der Waals surface area (Å²) in [5, 5.41) is 2.73. The second-order valence-corrected chi connectivity index (χ2v) is 7.94. The van der Waals surface area contributed by atoms with Crippen LogP contribution in [-0.4, -0.2) is 23.3 Å². The van der Waals surface area contributed by atoms with E-state index in [0.29, 0.717) is 30.4 Å². The Morgan fingerprint density at radius 1 is 0.912 bits per heavy atom. The number of anilines is 1. The van der Waals surface area contributed by atoms with Gasteiger partial charge < -0.3 is 14.5 Å². The van der Waals surface area contributed by atoms with Gasteiger partial charge in [0.2, 0.25) is 11.8 Å². The molecule has 0 aliphatic heterocycles. The SMILES string of the molecule is Cc1oc(-c2ccccc2)nc1CCOc1ccc(CC(=O)CC(=O)Nc2ccccc2)cc1. The summed E-state index contributed by atoms with van der Waals surface area (Å²) in [4.78, 5) is 28.9. The largest absolute Gasteiger partial charge is 0.493 e. The molecular weight excluding hydrogens is 428 g/mol. The van der Waals surface area contributed by atoms with Crippen LogP contribution in [0.1, 0.15) is 23.4 Å². The maximum Gasteiger partial charge on any atom is 0.231 e. The number of aromatic nitrogens is 1. The van der Waals surface area contributed by atoms with Crippen molar-refractivity contribution in [2.45, 2.75) is 26.2 Å². The number of nitrogens with zero attached hydrogens (tertiary/aromatic N) is 1. The molecule has 6 heteroatoms. The number of hydrogen-bond donors (Lipinski definition) is 1. The second-order valence-electron chi connectivity index (χ2n) is 7.94. The van der Waals surface area contributed by atoms with Gasteiger partial charge in [-0.1, -0.05) is 48.5 Å². The van der Waals surface area contributed by atoms with Gasteiger partial charge >= 0.3 is 0 Å². The molecule has 1 heterocycles. The van der Waals surface area contributed by atoms with Gasteiger partial charge in [-0.15, -0.1) is 0 Å². The Morgan fingerprint density at radius 3 is 2.29 bits per heavy atom. The standard InChI is InChI=1S/C28H26N2O4/c1-20-26(30-28(34-20)22-8-4-2-5-9-22)16-17-33-25-14-12-21(13-15-25)18-24(31)19-27(32)29-23-10-6-3-7-11-23/h2-15H,16-19H2,1H3,(H,29,32). The van der Waals surface area contributed by atoms with Gasteiger partial charge in [-0.25, -0.2) is 4.98 Å². The molecule has 1 amide bonds. The van der Waals surface area contributed by atoms with Crippen molar-refractivity contribution in [2.75, 3.05) is 11.9 Å². The fourth-order valence-corrected chi connectivity index (χ4v) is 3.53. The Labute approximate surface area is 198 Å². The zero-order valence-corrected chi connectivity index (χ0v) is 19.0. The molecule has 34 heavy (non-hydrogen) atoms. The third-order valence-electron chi connectivity index (χ3n) is 5.26. The highest BCUT2D eigenvalue weighted by Gasteiger charge is 2.12. The van der Waals surface area contributed by atoms with E-state index in [9.17, 15) is 9.59 Å². The third-order valence-corrected chi connectivity index (χ3v) is 5.26. The van der Waals surface area contributed by atoms with Crippen molar-refractivity contribution in [3.05, 3.63) is 102 Å². The minimum atomic E-state index is -0.310. The normalized spacial score (nSPS) is 10.6. The Hall–Kier alpha value is -4.19. The van der Waals surface area contributed by atoms with Crippen molar-refractivity contribution in [2.24, 2.45) is 0 Å². The number of Topliss-reactive ketones (excluding diaryl/α,β-unsaturated/α-hetero) is 1. The molecule has 0 fully saturated rings. The van der Waals surface area contributed by atoms with E-state index >= 15 is 0 Å². The first-order valence-corrected chi connectivity index (χ1v) is 11.2. The highest BCUT2D eigenvalue weighted by atomic mass is 16.5. The maximum absolute atomic E-state index is 12.3. The molecule has 4 rings (SSSR count). The first-order chi connectivity index (χ1) is 16.6. The smallest absolute Gasteiger partial charge is 0.231 e. The van der Waals surface area contributed by atoms with Crippen molar-refractivity contribution < 1.29 is 18.7 Å². The zero-order valence-electron chi connectivity index (χ0n) is 19.0. The Morgan fingerprint density at radius 2 is 1.59 bits per heavy atom. The summed E-state index contributed by atoms with van der Waals surface area (Å²) in [7, 11) is 0. The van der Waals surface area contributed by atoms with Gasteiger partial charge in [-0.3, -0.25) is 9.59 Å². The fourth-order valence-electron chi connectivity index (χ4n) is 3.53. The van der Waals surface area contributed by atoms with Crippen LogP contribution in [0.5, 0.6) is 5.75 Å². The molecule has 1 aromatic heterocycles. The number of benzene rings is 3. The number of amides is 1. The monoisotopic (exact) mass is 454 g/mol. The molecule has 0 aliphatic carbocycles. The number of carbonyl (C=O) groups is 2. The van der Waals surface area contributed by atoms with Gasteiger partial charge in [0, 0.05) is 24.1 Å². The number of oxazole rings is 1. The lowest BCUT2D eigenvalue weighted by Gasteiger charge is -2.07. The van der Waals surface area contributed by atoms with Crippen molar-refractivity contribution in [3.63, 3.8) is 0 Å². The number of ketones is 1. The van der Waals surface area contributed by atoms with Crippen LogP contribution in [-0.2, 0) is 22.4 Å². The Bertz CT molecular complexity index is 1230. The van der Waals surface area contributed by atoms with E-state index in [1.54, 1.807) is 12.1 Å². The summed E-state index contributed by atoms with van der Waals surface area (Å²) in [6.07, 6.45) is 0.664. The van der Waals surface area contributed by atoms with Crippen LogP contribution in [0.15, 0.2) is 89.3 Å². The lowest BCUT2D eigenvalue weighted by molar-refractivity contribution is -0.125. The van der Waals surface area contributed by atoms with Crippen LogP contribution in [0.4, 0.5) is 5.69 Å². The van der Waals surface area contributed by atoms with Crippen molar-refractivity contribution in [1.82, 2.24) is 4.98 Å². The van der Waals surface area contributed by atoms with Gasteiger partial charge in [0.25, 0.3) is 0 Å². The fraction of sp³-hybridized carbons (Fsp3) is 0.179. The van der Waals surface area contributed by atoms with Crippen LogP contribution >= 0.6 is 0 Å². The number of hydrogen-bond acceptors (Lipinski definition) is 5. The second kappa shape index (κ2) is 11.1. The topological polar surface area (TPSA) is 81.4 Å². The first kappa shape index (κ1) is 23.0. The number of ether oxygens (including phenoxy) is 1. The average Bonchev–Trinajstić information content (AvgIpc) is 3.21. The number of aryl methyl sites for hydroxylation is 1. The highest BCUT2D eigenvalue weighted by molar-refractivity contribution is 6.04. The molecule has 1 N–H and O–H groups in total. The van der Waals surface area contributed by atoms with Crippen molar-refractivity contribution >= 4 is 17.4 Å². The molecule has 6 nitrogen and oxygen atoms in total. The van der Waals surface area contributed by atoms with Crippen LogP contribution in [0.25, 0.3) is 11.5 Å². The minimum absolute atomic E-state index is 0.141. The molecule has 0 bridgehead atoms. The predicted octanol–water partition coefficient (Wildman–Crippen LogP) is 5.41. The summed E-state index contributed by atoms with van der Waals surface area (Å²) >= 11 is 0. The van der Waals surface area contributed by atoms with E-state index in [4.69, 9.17) is 9.15 Å². The van der Waals surface area contributed by atoms with E-state index in [-0.39, 0.29) is 24.5 Å². The summed E-state index contributed by atoms with van der Waals surface area (Å²) < 4.78 is 11.6. The van der Waals surface area contributed by atoms with E-state index in [1.165, 1.54) is 0 Å². The van der Waals surface area contributed by atoms with Gasteiger partial charge in [0.15, 0.2) is 0 Å². The third kappa shape index (κ3) is 6.42. The Balaban J connectivity index is 1.23. The van der Waals surface area contributed by atoms with Gasteiger partial charge in [0.05, 0.1) is 18.7 Å². The molecule has 0 unspecified atom stereocenters. The number of rotatable bonds is 10. The van der Waals surface area contributed by atoms with Crippen LogP contribution < -0.4 is 10.1 Å². The number of para-hydroxylation sites is 1. The summed E-state index contributed by atoms with van der Waals surface area (Å²) in [6, 6.07) is 26.2. The molecule has 0 radical (unpaired) electrons. The van der Waals surface area contributed by atoms with Crippen LogP contribution in [0, 0.1) is 6.92 Å². The zero-order chi connectivity index (χ0) is 23.8. The summed E-state index contributed by atoms with van der Waals surface area (Å²) in [5.74, 6) is 1.65. The van der Waals surface area contributed by atoms with Gasteiger partial charge in [0.1, 0.15) is 17.3 Å². The van der Waals surface area contributed by atoms with Crippen LogP contribution in [0.3, 0.4) is 0 Å². The number of carbonyl (C=O) groups excluding carboxylic acids is 2. The lowest BCUT2D eigenvalue weighted by atomic mass is 10.1. The number of nitrogens with one attached hydrogen (secondary N) is 1. The molecule has 172 valence electrons. The molecule has 0 saturated heterocycles. The molecule has 0 aliphatic rings. The van der Waals surface area contributed by atoms with Crippen molar-refractivity contribution in [1.29, 1.82) is 0 Å². The van der Waals surface area contributed by atoms with Crippen LogP contribution in [0.2, 0.25) is 0 Å². The molecule has 0 saturated carbocycles.